The fourth-order valence-corrected chi connectivity index (χ4v) is 16.5. The van der Waals surface area contributed by atoms with Crippen molar-refractivity contribution in [2.24, 2.45) is 0 Å². The van der Waals surface area contributed by atoms with Gasteiger partial charge < -0.3 is 31.3 Å². The van der Waals surface area contributed by atoms with Crippen molar-refractivity contribution in [3.8, 4) is 0 Å². The van der Waals surface area contributed by atoms with Crippen molar-refractivity contribution >= 4 is 25.7 Å². The van der Waals surface area contributed by atoms with Crippen molar-refractivity contribution in [2.75, 3.05) is 47.8 Å². The zero-order valence-electron chi connectivity index (χ0n) is 17.7. The first-order chi connectivity index (χ1) is 12.9. The first-order valence-electron chi connectivity index (χ1n) is 10.1. The molecule has 0 saturated carbocycles. The molecule has 3 atom stereocenters. The lowest BCUT2D eigenvalue weighted by Crippen LogP contribution is -2.53. The van der Waals surface area contributed by atoms with Crippen LogP contribution in [-0.2, 0) is 31.3 Å². The Hall–Kier alpha value is 0.371. The number of epoxide rings is 1. The monoisotopic (exact) mass is 438 g/mol. The van der Waals surface area contributed by atoms with Crippen LogP contribution in [0.3, 0.4) is 0 Å². The molecular weight excluding hydrogens is 400 g/mol. The predicted molar refractivity (Wildman–Crippen MR) is 111 cm³/mol. The molecule has 2 heterocycles. The lowest BCUT2D eigenvalue weighted by atomic mass is 10.4. The Morgan fingerprint density at radius 2 is 1.74 bits per heavy atom. The molecule has 0 bridgehead atoms. The number of rotatable bonds is 12. The normalized spacial score (nSPS) is 32.1. The summed E-state index contributed by atoms with van der Waals surface area (Å²) in [7, 11) is -1.65. The van der Waals surface area contributed by atoms with Gasteiger partial charge in [0.2, 0.25) is 0 Å². The molecule has 0 radical (unpaired) electrons. The minimum absolute atomic E-state index is 0.328. The summed E-state index contributed by atoms with van der Waals surface area (Å²) >= 11 is 0. The van der Waals surface area contributed by atoms with Crippen molar-refractivity contribution in [1.82, 2.24) is 0 Å². The van der Waals surface area contributed by atoms with Gasteiger partial charge in [0, 0.05) is 40.6 Å². The van der Waals surface area contributed by atoms with E-state index in [9.17, 15) is 0 Å². The summed E-state index contributed by atoms with van der Waals surface area (Å²) in [5, 5.41) is 0. The average Bonchev–Trinajstić information content (AvgIpc) is 3.46. The molecule has 0 aromatic carbocycles. The van der Waals surface area contributed by atoms with E-state index in [0.717, 1.165) is 56.8 Å². The Bertz CT molecular complexity index is 428. The van der Waals surface area contributed by atoms with Crippen molar-refractivity contribution in [1.29, 1.82) is 0 Å². The summed E-state index contributed by atoms with van der Waals surface area (Å²) in [5.41, 5.74) is 0. The molecule has 0 aliphatic carbocycles. The molecule has 7 nitrogen and oxygen atoms in total. The molecule has 0 amide bonds. The quantitative estimate of drug-likeness (QED) is 0.263. The first kappa shape index (κ1) is 23.6. The molecule has 0 aromatic rings. The highest BCUT2D eigenvalue weighted by Gasteiger charge is 2.46. The SMILES string of the molecule is CO[Si](CC[Si]1(C)CCCCO[Si](C)(CCCOCC2CO2)O1)(OC)OC. The van der Waals surface area contributed by atoms with Gasteiger partial charge in [-0.3, -0.25) is 0 Å². The highest BCUT2D eigenvalue weighted by atomic mass is 28.4. The molecule has 2 rings (SSSR count). The molecule has 27 heavy (non-hydrogen) atoms. The summed E-state index contributed by atoms with van der Waals surface area (Å²) in [5.74, 6) is 0. The molecule has 0 N–H and O–H groups in total. The second kappa shape index (κ2) is 11.0. The van der Waals surface area contributed by atoms with Crippen LogP contribution < -0.4 is 0 Å². The van der Waals surface area contributed by atoms with Crippen molar-refractivity contribution < 1.29 is 31.3 Å². The predicted octanol–water partition coefficient (Wildman–Crippen LogP) is 3.14. The Labute approximate surface area is 167 Å². The molecule has 2 fully saturated rings. The third-order valence-corrected chi connectivity index (χ3v) is 17.2. The van der Waals surface area contributed by atoms with Crippen molar-refractivity contribution in [2.45, 2.75) is 62.6 Å². The average molecular weight is 439 g/mol. The molecule has 2 aliphatic heterocycles. The Kier molecular flexibility index (Phi) is 9.59. The maximum absolute atomic E-state index is 6.87. The second-order valence-electron chi connectivity index (χ2n) is 7.92. The van der Waals surface area contributed by atoms with E-state index < -0.39 is 25.7 Å². The molecule has 10 heteroatoms. The molecule has 0 spiro atoms. The van der Waals surface area contributed by atoms with Gasteiger partial charge in [0.15, 0.2) is 8.32 Å². The van der Waals surface area contributed by atoms with Crippen LogP contribution in [0.1, 0.15) is 19.3 Å². The van der Waals surface area contributed by atoms with Crippen LogP contribution in [0.15, 0.2) is 0 Å². The van der Waals surface area contributed by atoms with E-state index in [1.54, 1.807) is 21.3 Å². The smallest absolute Gasteiger partial charge is 0.436 e. The minimum Gasteiger partial charge on any atom is -0.436 e. The van der Waals surface area contributed by atoms with Gasteiger partial charge >= 0.3 is 17.4 Å². The summed E-state index contributed by atoms with van der Waals surface area (Å²) in [6.07, 6.45) is 3.59. The lowest BCUT2D eigenvalue weighted by Gasteiger charge is -2.40. The first-order valence-corrected chi connectivity index (χ1v) is 17.3. The van der Waals surface area contributed by atoms with Crippen LogP contribution in [0.5, 0.6) is 0 Å². The van der Waals surface area contributed by atoms with Gasteiger partial charge in [0.1, 0.15) is 6.10 Å². The van der Waals surface area contributed by atoms with Crippen LogP contribution in [0.25, 0.3) is 0 Å². The zero-order chi connectivity index (χ0) is 19.8. The fourth-order valence-electron chi connectivity index (χ4n) is 3.64. The van der Waals surface area contributed by atoms with Gasteiger partial charge in [-0.25, -0.2) is 0 Å². The zero-order valence-corrected chi connectivity index (χ0v) is 20.7. The van der Waals surface area contributed by atoms with E-state index in [2.05, 4.69) is 13.1 Å². The standard InChI is InChI=1S/C17H38O7Si3/c1-18-27(19-2,20-3)14-13-25(4)11-7-6-10-23-26(5,24-25)12-8-9-21-15-17-16-22-17/h17H,6-16H2,1-5H3. The molecule has 2 aliphatic rings. The third kappa shape index (κ3) is 7.96. The Balaban J connectivity index is 1.88. The Morgan fingerprint density at radius 3 is 2.37 bits per heavy atom. The largest absolute Gasteiger partial charge is 0.499 e. The van der Waals surface area contributed by atoms with Gasteiger partial charge in [0.05, 0.1) is 13.2 Å². The maximum atomic E-state index is 6.87. The number of hydrogen-bond acceptors (Lipinski definition) is 7. The van der Waals surface area contributed by atoms with Gasteiger partial charge in [-0.15, -0.1) is 0 Å². The minimum atomic E-state index is -2.57. The van der Waals surface area contributed by atoms with Crippen LogP contribution >= 0.6 is 0 Å². The topological polar surface area (TPSA) is 67.9 Å². The Morgan fingerprint density at radius 1 is 1.04 bits per heavy atom. The number of ether oxygens (including phenoxy) is 2. The lowest BCUT2D eigenvalue weighted by molar-refractivity contribution is 0.114. The van der Waals surface area contributed by atoms with Crippen LogP contribution in [0.2, 0.25) is 37.3 Å². The molecule has 160 valence electrons. The van der Waals surface area contributed by atoms with Gasteiger partial charge in [-0.05, 0) is 44.1 Å². The van der Waals surface area contributed by atoms with Crippen LogP contribution in [0.4, 0.5) is 0 Å². The van der Waals surface area contributed by atoms with Gasteiger partial charge in [0.25, 0.3) is 0 Å². The summed E-state index contributed by atoms with van der Waals surface area (Å²) in [4.78, 5) is 0. The summed E-state index contributed by atoms with van der Waals surface area (Å²) in [6, 6.07) is 3.92. The molecular formula is C17H38O7Si3. The molecule has 3 unspecified atom stereocenters. The fraction of sp³-hybridized carbons (Fsp3) is 1.00. The molecule has 2 saturated heterocycles. The van der Waals surface area contributed by atoms with Crippen LogP contribution in [-0.4, -0.2) is 79.5 Å². The maximum Gasteiger partial charge on any atom is 0.499 e. The number of hydrogen-bond donors (Lipinski definition) is 0. The van der Waals surface area contributed by atoms with E-state index in [1.807, 2.05) is 0 Å². The van der Waals surface area contributed by atoms with E-state index in [0.29, 0.717) is 12.7 Å². The highest BCUT2D eigenvalue weighted by Crippen LogP contribution is 2.33. The third-order valence-electron chi connectivity index (χ3n) is 5.49. The summed E-state index contributed by atoms with van der Waals surface area (Å²) < 4.78 is 40.9. The van der Waals surface area contributed by atoms with Crippen molar-refractivity contribution in [3.63, 3.8) is 0 Å². The van der Waals surface area contributed by atoms with E-state index in [4.69, 9.17) is 31.3 Å². The van der Waals surface area contributed by atoms with Gasteiger partial charge in [-0.2, -0.15) is 0 Å². The van der Waals surface area contributed by atoms with Crippen LogP contribution in [0, 0.1) is 0 Å². The summed E-state index contributed by atoms with van der Waals surface area (Å²) in [6.45, 7) is 7.69. The van der Waals surface area contributed by atoms with E-state index >= 15 is 0 Å². The van der Waals surface area contributed by atoms with E-state index in [-0.39, 0.29) is 0 Å². The molecule has 0 aromatic heterocycles. The van der Waals surface area contributed by atoms with Gasteiger partial charge in [-0.1, -0.05) is 6.42 Å². The second-order valence-corrected chi connectivity index (χ2v) is 18.8. The van der Waals surface area contributed by atoms with Crippen molar-refractivity contribution in [3.05, 3.63) is 0 Å². The highest BCUT2D eigenvalue weighted by molar-refractivity contribution is 6.84. The van der Waals surface area contributed by atoms with E-state index in [1.165, 1.54) is 6.42 Å².